The molecule has 2 bridgehead atoms. The number of allylic oxidation sites excluding steroid dienone is 1. The predicted molar refractivity (Wildman–Crippen MR) is 55.9 cm³/mol. The largest absolute Gasteiger partial charge is 0.403 e. The molecule has 0 aromatic heterocycles. The third-order valence-electron chi connectivity index (χ3n) is 2.89. The Morgan fingerprint density at radius 3 is 2.50 bits per heavy atom. The first-order valence-corrected chi connectivity index (χ1v) is 5.14. The highest BCUT2D eigenvalue weighted by atomic mass is 16.5. The molecule has 0 amide bonds. The van der Waals surface area contributed by atoms with Gasteiger partial charge in [0, 0.05) is 12.4 Å². The number of rotatable bonds is 2. The Balaban J connectivity index is 1.90. The molecule has 2 fully saturated rings. The fourth-order valence-corrected chi connectivity index (χ4v) is 2.19. The van der Waals surface area contributed by atoms with E-state index in [1.54, 1.807) is 6.21 Å². The van der Waals surface area contributed by atoms with Gasteiger partial charge in [-0.05, 0) is 25.7 Å². The number of ether oxygens (including phenoxy) is 1. The third-order valence-corrected chi connectivity index (χ3v) is 2.89. The Hall–Kier alpha value is -1.03. The van der Waals surface area contributed by atoms with Gasteiger partial charge in [-0.3, -0.25) is 4.99 Å². The molecule has 2 unspecified atom stereocenters. The van der Waals surface area contributed by atoms with Crippen LogP contribution in [0.5, 0.6) is 0 Å². The van der Waals surface area contributed by atoms with Crippen molar-refractivity contribution in [2.75, 3.05) is 0 Å². The van der Waals surface area contributed by atoms with E-state index < -0.39 is 0 Å². The van der Waals surface area contributed by atoms with Crippen molar-refractivity contribution in [2.24, 2.45) is 16.5 Å². The normalized spacial score (nSPS) is 38.0. The summed E-state index contributed by atoms with van der Waals surface area (Å²) >= 11 is 0. The molecule has 4 N–H and O–H groups in total. The van der Waals surface area contributed by atoms with Crippen molar-refractivity contribution in [1.82, 2.24) is 0 Å². The molecule has 0 saturated carbocycles. The first-order chi connectivity index (χ1) is 6.78. The van der Waals surface area contributed by atoms with Crippen LogP contribution in [-0.4, -0.2) is 24.5 Å². The van der Waals surface area contributed by atoms with E-state index in [1.165, 1.54) is 19.0 Å². The van der Waals surface area contributed by atoms with E-state index in [0.29, 0.717) is 23.9 Å². The van der Waals surface area contributed by atoms with E-state index in [2.05, 4.69) is 4.99 Å². The zero-order valence-corrected chi connectivity index (χ0v) is 8.23. The molecule has 2 saturated heterocycles. The summed E-state index contributed by atoms with van der Waals surface area (Å²) in [7, 11) is 0. The second-order valence-corrected chi connectivity index (χ2v) is 4.03. The van der Waals surface area contributed by atoms with Gasteiger partial charge in [-0.2, -0.15) is 0 Å². The Kier molecular flexibility index (Phi) is 2.72. The van der Waals surface area contributed by atoms with Gasteiger partial charge in [0.05, 0.1) is 23.9 Å². The van der Waals surface area contributed by atoms with Gasteiger partial charge in [0.2, 0.25) is 0 Å². The maximum absolute atomic E-state index is 5.72. The minimum atomic E-state index is 0.375. The number of hydrogen-bond acceptors (Lipinski definition) is 4. The van der Waals surface area contributed by atoms with Gasteiger partial charge in [0.1, 0.15) is 0 Å². The number of hydrogen-bond donors (Lipinski definition) is 2. The summed E-state index contributed by atoms with van der Waals surface area (Å²) in [4.78, 5) is 4.42. The molecule has 4 heteroatoms. The molecular weight excluding hydrogens is 178 g/mol. The highest BCUT2D eigenvalue weighted by molar-refractivity contribution is 5.77. The highest BCUT2D eigenvalue weighted by Gasteiger charge is 2.34. The van der Waals surface area contributed by atoms with E-state index in [9.17, 15) is 0 Å². The van der Waals surface area contributed by atoms with E-state index in [0.717, 1.165) is 12.8 Å². The molecule has 0 aromatic carbocycles. The number of fused-ring (bicyclic) bond motifs is 2. The molecule has 2 aliphatic rings. The summed E-state index contributed by atoms with van der Waals surface area (Å²) in [6.07, 6.45) is 8.35. The van der Waals surface area contributed by atoms with Crippen LogP contribution in [-0.2, 0) is 4.74 Å². The van der Waals surface area contributed by atoms with E-state index in [1.807, 2.05) is 0 Å². The molecule has 2 aliphatic heterocycles. The lowest BCUT2D eigenvalue weighted by Crippen LogP contribution is -2.27. The van der Waals surface area contributed by atoms with Crippen LogP contribution in [0, 0.1) is 0 Å². The van der Waals surface area contributed by atoms with Gasteiger partial charge < -0.3 is 16.2 Å². The molecule has 0 aromatic rings. The second-order valence-electron chi connectivity index (χ2n) is 4.03. The molecule has 0 spiro atoms. The molecule has 78 valence electrons. The van der Waals surface area contributed by atoms with Crippen molar-refractivity contribution in [2.45, 2.75) is 43.9 Å². The standard InChI is InChI=1S/C10H17N3O/c11-5-7(12)6-13-8-3-9-1-2-10(4-8)14-9/h5-6,8-10H,1-4,11-12H2/b7-5+,13-6?. The quantitative estimate of drug-likeness (QED) is 0.631. The Morgan fingerprint density at radius 1 is 1.29 bits per heavy atom. The summed E-state index contributed by atoms with van der Waals surface area (Å²) in [5, 5.41) is 0. The topological polar surface area (TPSA) is 73.6 Å². The van der Waals surface area contributed by atoms with Gasteiger partial charge in [-0.1, -0.05) is 0 Å². The summed E-state index contributed by atoms with van der Waals surface area (Å²) in [6.45, 7) is 0. The lowest BCUT2D eigenvalue weighted by Gasteiger charge is -2.25. The van der Waals surface area contributed by atoms with Crippen LogP contribution in [0.4, 0.5) is 0 Å². The molecular formula is C10H17N3O. The fourth-order valence-electron chi connectivity index (χ4n) is 2.19. The van der Waals surface area contributed by atoms with Gasteiger partial charge in [0.25, 0.3) is 0 Å². The molecule has 14 heavy (non-hydrogen) atoms. The molecule has 4 nitrogen and oxygen atoms in total. The van der Waals surface area contributed by atoms with Crippen LogP contribution in [0.25, 0.3) is 0 Å². The molecule has 2 rings (SSSR count). The monoisotopic (exact) mass is 195 g/mol. The molecule has 2 atom stereocenters. The Bertz CT molecular complexity index is 250. The van der Waals surface area contributed by atoms with E-state index >= 15 is 0 Å². The van der Waals surface area contributed by atoms with Crippen molar-refractivity contribution >= 4 is 6.21 Å². The van der Waals surface area contributed by atoms with Crippen LogP contribution in [0.15, 0.2) is 16.9 Å². The lowest BCUT2D eigenvalue weighted by atomic mass is 10.0. The zero-order valence-electron chi connectivity index (χ0n) is 8.23. The second kappa shape index (κ2) is 4.00. The lowest BCUT2D eigenvalue weighted by molar-refractivity contribution is -0.00189. The summed E-state index contributed by atoms with van der Waals surface area (Å²) in [5.74, 6) is 0. The Labute approximate surface area is 84.0 Å². The van der Waals surface area contributed by atoms with Gasteiger partial charge in [0.15, 0.2) is 0 Å². The highest BCUT2D eigenvalue weighted by Crippen LogP contribution is 2.33. The third kappa shape index (κ3) is 2.07. The van der Waals surface area contributed by atoms with Gasteiger partial charge in [-0.25, -0.2) is 0 Å². The van der Waals surface area contributed by atoms with Crippen molar-refractivity contribution in [3.63, 3.8) is 0 Å². The molecule has 0 aliphatic carbocycles. The number of nitrogens with zero attached hydrogens (tertiary/aromatic N) is 1. The summed E-state index contributed by atoms with van der Waals surface area (Å²) < 4.78 is 5.72. The summed E-state index contributed by atoms with van der Waals surface area (Å²) in [5.41, 5.74) is 11.3. The average Bonchev–Trinajstić information content (AvgIpc) is 2.54. The molecule has 0 radical (unpaired) electrons. The van der Waals surface area contributed by atoms with Crippen LogP contribution in [0.3, 0.4) is 0 Å². The van der Waals surface area contributed by atoms with Gasteiger partial charge >= 0.3 is 0 Å². The predicted octanol–water partition coefficient (Wildman–Crippen LogP) is 0.526. The van der Waals surface area contributed by atoms with Crippen LogP contribution >= 0.6 is 0 Å². The van der Waals surface area contributed by atoms with Gasteiger partial charge in [-0.15, -0.1) is 0 Å². The van der Waals surface area contributed by atoms with E-state index in [4.69, 9.17) is 16.2 Å². The Morgan fingerprint density at radius 2 is 1.93 bits per heavy atom. The maximum atomic E-state index is 5.72. The fraction of sp³-hybridized carbons (Fsp3) is 0.700. The van der Waals surface area contributed by atoms with Crippen molar-refractivity contribution < 1.29 is 4.74 Å². The zero-order chi connectivity index (χ0) is 9.97. The number of nitrogens with two attached hydrogens (primary N) is 2. The minimum Gasteiger partial charge on any atom is -0.403 e. The van der Waals surface area contributed by atoms with Crippen molar-refractivity contribution in [1.29, 1.82) is 0 Å². The number of aliphatic imine (C=N–C) groups is 1. The maximum Gasteiger partial charge on any atom is 0.0653 e. The average molecular weight is 195 g/mol. The van der Waals surface area contributed by atoms with Crippen molar-refractivity contribution in [3.8, 4) is 0 Å². The smallest absolute Gasteiger partial charge is 0.0653 e. The minimum absolute atomic E-state index is 0.375. The summed E-state index contributed by atoms with van der Waals surface area (Å²) in [6, 6.07) is 0.375. The van der Waals surface area contributed by atoms with Crippen LogP contribution < -0.4 is 11.5 Å². The van der Waals surface area contributed by atoms with E-state index in [-0.39, 0.29) is 0 Å². The molecule has 2 heterocycles. The first kappa shape index (κ1) is 9.52. The van der Waals surface area contributed by atoms with Crippen LogP contribution in [0.2, 0.25) is 0 Å². The SMILES string of the molecule is N/C=C(/N)C=NC1CC2CCC(C1)O2. The van der Waals surface area contributed by atoms with Crippen LogP contribution in [0.1, 0.15) is 25.7 Å². The first-order valence-electron chi connectivity index (χ1n) is 5.14. The van der Waals surface area contributed by atoms with Crippen molar-refractivity contribution in [3.05, 3.63) is 11.9 Å².